The van der Waals surface area contributed by atoms with Crippen LogP contribution in [0.25, 0.3) is 11.3 Å². The molecule has 4 rings (SSSR count). The molecule has 1 saturated heterocycles. The van der Waals surface area contributed by atoms with Gasteiger partial charge in [0.05, 0.1) is 18.5 Å². The summed E-state index contributed by atoms with van der Waals surface area (Å²) in [5.74, 6) is 0.258. The van der Waals surface area contributed by atoms with Gasteiger partial charge in [-0.15, -0.1) is 0 Å². The highest BCUT2D eigenvalue weighted by atomic mass is 35.5. The minimum atomic E-state index is -0.496. The fourth-order valence-corrected chi connectivity index (χ4v) is 3.47. The SMILES string of the molecule is O=C(NCc1ccco1)C1CCCN1C(=O)c1cc(-c2ccc(Cl)cc2)n[nH]1. The molecule has 3 aromatic rings. The molecule has 8 heteroatoms. The smallest absolute Gasteiger partial charge is 0.272 e. The quantitative estimate of drug-likeness (QED) is 0.690. The van der Waals surface area contributed by atoms with Gasteiger partial charge in [0.2, 0.25) is 5.91 Å². The van der Waals surface area contributed by atoms with E-state index in [0.717, 1.165) is 12.0 Å². The third kappa shape index (κ3) is 3.80. The molecule has 2 N–H and O–H groups in total. The first-order valence-electron chi connectivity index (χ1n) is 9.04. The maximum Gasteiger partial charge on any atom is 0.272 e. The molecule has 3 heterocycles. The van der Waals surface area contributed by atoms with Gasteiger partial charge in [0.1, 0.15) is 17.5 Å². The van der Waals surface area contributed by atoms with Crippen molar-refractivity contribution in [3.8, 4) is 11.3 Å². The van der Waals surface area contributed by atoms with Crippen LogP contribution in [0.4, 0.5) is 0 Å². The third-order valence-corrected chi connectivity index (χ3v) is 5.03. The Morgan fingerprint density at radius 1 is 1.29 bits per heavy atom. The maximum atomic E-state index is 12.9. The summed E-state index contributed by atoms with van der Waals surface area (Å²) < 4.78 is 5.23. The van der Waals surface area contributed by atoms with Gasteiger partial charge in [-0.1, -0.05) is 23.7 Å². The molecule has 0 radical (unpaired) electrons. The van der Waals surface area contributed by atoms with Gasteiger partial charge in [0, 0.05) is 17.1 Å². The van der Waals surface area contributed by atoms with E-state index in [4.69, 9.17) is 16.0 Å². The number of aromatic amines is 1. The summed E-state index contributed by atoms with van der Waals surface area (Å²) in [7, 11) is 0. The van der Waals surface area contributed by atoms with E-state index in [1.807, 2.05) is 12.1 Å². The minimum Gasteiger partial charge on any atom is -0.467 e. The second-order valence-electron chi connectivity index (χ2n) is 6.63. The molecule has 1 aromatic carbocycles. The number of aromatic nitrogens is 2. The molecule has 0 spiro atoms. The van der Waals surface area contributed by atoms with Crippen LogP contribution in [0.3, 0.4) is 0 Å². The van der Waals surface area contributed by atoms with Crippen molar-refractivity contribution in [1.82, 2.24) is 20.4 Å². The fraction of sp³-hybridized carbons (Fsp3) is 0.250. The molecule has 1 aliphatic rings. The monoisotopic (exact) mass is 398 g/mol. The number of amides is 2. The van der Waals surface area contributed by atoms with Gasteiger partial charge >= 0.3 is 0 Å². The van der Waals surface area contributed by atoms with Gasteiger partial charge in [-0.3, -0.25) is 14.7 Å². The Hall–Kier alpha value is -3.06. The summed E-state index contributed by atoms with van der Waals surface area (Å²) in [6.07, 6.45) is 2.97. The highest BCUT2D eigenvalue weighted by Crippen LogP contribution is 2.23. The van der Waals surface area contributed by atoms with Crippen molar-refractivity contribution in [2.24, 2.45) is 0 Å². The zero-order chi connectivity index (χ0) is 19.5. The number of benzene rings is 1. The number of carbonyl (C=O) groups excluding carboxylic acids is 2. The van der Waals surface area contributed by atoms with Crippen molar-refractivity contribution in [3.05, 3.63) is 65.2 Å². The van der Waals surface area contributed by atoms with E-state index < -0.39 is 6.04 Å². The Labute approximate surface area is 166 Å². The summed E-state index contributed by atoms with van der Waals surface area (Å²) >= 11 is 5.91. The number of nitrogens with zero attached hydrogens (tertiary/aromatic N) is 2. The number of rotatable bonds is 5. The van der Waals surface area contributed by atoms with Crippen LogP contribution in [-0.4, -0.2) is 39.5 Å². The van der Waals surface area contributed by atoms with Crippen molar-refractivity contribution in [3.63, 3.8) is 0 Å². The molecule has 0 aliphatic carbocycles. The molecule has 2 amide bonds. The third-order valence-electron chi connectivity index (χ3n) is 4.78. The zero-order valence-electron chi connectivity index (χ0n) is 15.0. The van der Waals surface area contributed by atoms with Gasteiger partial charge in [-0.25, -0.2) is 0 Å². The summed E-state index contributed by atoms with van der Waals surface area (Å²) in [5.41, 5.74) is 1.86. The number of likely N-dealkylation sites (tertiary alicyclic amines) is 1. The molecule has 2 aromatic heterocycles. The number of halogens is 1. The van der Waals surface area contributed by atoms with E-state index in [9.17, 15) is 9.59 Å². The van der Waals surface area contributed by atoms with Crippen molar-refractivity contribution < 1.29 is 14.0 Å². The van der Waals surface area contributed by atoms with Crippen molar-refractivity contribution in [1.29, 1.82) is 0 Å². The van der Waals surface area contributed by atoms with Crippen LogP contribution in [0.15, 0.2) is 53.1 Å². The highest BCUT2D eigenvalue weighted by Gasteiger charge is 2.35. The van der Waals surface area contributed by atoms with Gasteiger partial charge in [-0.2, -0.15) is 5.10 Å². The lowest BCUT2D eigenvalue weighted by Gasteiger charge is -2.23. The molecule has 0 saturated carbocycles. The fourth-order valence-electron chi connectivity index (χ4n) is 3.34. The van der Waals surface area contributed by atoms with Gasteiger partial charge in [0.15, 0.2) is 0 Å². The van der Waals surface area contributed by atoms with E-state index in [1.165, 1.54) is 0 Å². The molecular weight excluding hydrogens is 380 g/mol. The van der Waals surface area contributed by atoms with E-state index in [2.05, 4.69) is 15.5 Å². The summed E-state index contributed by atoms with van der Waals surface area (Å²) in [4.78, 5) is 27.1. The largest absolute Gasteiger partial charge is 0.467 e. The molecule has 28 heavy (non-hydrogen) atoms. The second-order valence-corrected chi connectivity index (χ2v) is 7.06. The van der Waals surface area contributed by atoms with Gasteiger partial charge in [-0.05, 0) is 43.2 Å². The molecule has 1 unspecified atom stereocenters. The van der Waals surface area contributed by atoms with E-state index >= 15 is 0 Å². The lowest BCUT2D eigenvalue weighted by molar-refractivity contribution is -0.125. The van der Waals surface area contributed by atoms with Gasteiger partial charge < -0.3 is 14.6 Å². The van der Waals surface area contributed by atoms with Crippen LogP contribution in [0.1, 0.15) is 29.1 Å². The maximum absolute atomic E-state index is 12.9. The van der Waals surface area contributed by atoms with Crippen LogP contribution < -0.4 is 5.32 Å². The first-order chi connectivity index (χ1) is 13.6. The number of hydrogen-bond acceptors (Lipinski definition) is 4. The average molecular weight is 399 g/mol. The number of nitrogens with one attached hydrogen (secondary N) is 2. The van der Waals surface area contributed by atoms with E-state index in [-0.39, 0.29) is 11.8 Å². The first kappa shape index (κ1) is 18.3. The minimum absolute atomic E-state index is 0.181. The molecular formula is C20H19ClN4O3. The van der Waals surface area contributed by atoms with Crippen LogP contribution >= 0.6 is 11.6 Å². The van der Waals surface area contributed by atoms with Crippen molar-refractivity contribution in [2.75, 3.05) is 6.54 Å². The Morgan fingerprint density at radius 3 is 2.86 bits per heavy atom. The van der Waals surface area contributed by atoms with Crippen LogP contribution in [0.5, 0.6) is 0 Å². The van der Waals surface area contributed by atoms with Crippen LogP contribution in [-0.2, 0) is 11.3 Å². The van der Waals surface area contributed by atoms with Crippen LogP contribution in [0, 0.1) is 0 Å². The predicted octanol–water partition coefficient (Wildman–Crippen LogP) is 3.24. The Bertz CT molecular complexity index is 966. The Morgan fingerprint density at radius 2 is 2.11 bits per heavy atom. The first-order valence-corrected chi connectivity index (χ1v) is 9.42. The lowest BCUT2D eigenvalue weighted by Crippen LogP contribution is -2.45. The zero-order valence-corrected chi connectivity index (χ0v) is 15.8. The number of hydrogen-bond donors (Lipinski definition) is 2. The highest BCUT2D eigenvalue weighted by molar-refractivity contribution is 6.30. The normalized spacial score (nSPS) is 16.3. The predicted molar refractivity (Wildman–Crippen MR) is 104 cm³/mol. The molecule has 144 valence electrons. The van der Waals surface area contributed by atoms with Crippen LogP contribution in [0.2, 0.25) is 5.02 Å². The second kappa shape index (κ2) is 7.90. The summed E-state index contributed by atoms with van der Waals surface area (Å²) in [6.45, 7) is 0.835. The topological polar surface area (TPSA) is 91.2 Å². The number of H-pyrrole nitrogens is 1. The Balaban J connectivity index is 1.44. The lowest BCUT2D eigenvalue weighted by atomic mass is 10.1. The number of carbonyl (C=O) groups is 2. The molecule has 7 nitrogen and oxygen atoms in total. The van der Waals surface area contributed by atoms with E-state index in [1.54, 1.807) is 41.5 Å². The molecule has 1 aliphatic heterocycles. The van der Waals surface area contributed by atoms with E-state index in [0.29, 0.717) is 41.7 Å². The Kier molecular flexibility index (Phi) is 5.16. The average Bonchev–Trinajstić information content (AvgIpc) is 3.47. The standard InChI is InChI=1S/C20H19ClN4O3/c21-14-7-5-13(6-8-14)16-11-17(24-23-16)20(27)25-9-1-4-18(25)19(26)22-12-15-3-2-10-28-15/h2-3,5-8,10-11,18H,1,4,9,12H2,(H,22,26)(H,23,24). The summed E-state index contributed by atoms with van der Waals surface area (Å²) in [6, 6.07) is 12.0. The number of furan rings is 1. The van der Waals surface area contributed by atoms with Crippen molar-refractivity contribution in [2.45, 2.75) is 25.4 Å². The summed E-state index contributed by atoms with van der Waals surface area (Å²) in [5, 5.41) is 10.5. The van der Waals surface area contributed by atoms with Gasteiger partial charge in [0.25, 0.3) is 5.91 Å². The molecule has 1 fully saturated rings. The molecule has 1 atom stereocenters. The molecule has 0 bridgehead atoms. The van der Waals surface area contributed by atoms with Crippen molar-refractivity contribution >= 4 is 23.4 Å².